The van der Waals surface area contributed by atoms with Gasteiger partial charge in [-0.05, 0) is 13.8 Å². The third-order valence-corrected chi connectivity index (χ3v) is 3.64. The van der Waals surface area contributed by atoms with Crippen LogP contribution in [0.4, 0.5) is 5.69 Å². The summed E-state index contributed by atoms with van der Waals surface area (Å²) in [4.78, 5) is 10.3. The van der Waals surface area contributed by atoms with E-state index in [4.69, 9.17) is 0 Å². The number of fused-ring (bicyclic) bond motifs is 1. The number of nitro benzene ring substituents is 1. The Labute approximate surface area is 98.9 Å². The lowest BCUT2D eigenvalue weighted by Crippen LogP contribution is -2.13. The molecule has 2 aliphatic rings. The SMILES string of the molecule is CC1(C)C2CC(c3cccc([N+](=O)[O-])c3)=NN21. The maximum atomic E-state index is 10.7. The van der Waals surface area contributed by atoms with Crippen molar-refractivity contribution in [3.8, 4) is 0 Å². The third kappa shape index (κ3) is 1.42. The van der Waals surface area contributed by atoms with Crippen molar-refractivity contribution in [3.63, 3.8) is 0 Å². The molecule has 0 aromatic heterocycles. The molecule has 1 aromatic carbocycles. The average Bonchev–Trinajstić information content (AvgIpc) is 2.71. The van der Waals surface area contributed by atoms with Crippen LogP contribution in [0, 0.1) is 10.1 Å². The fraction of sp³-hybridized carbons (Fsp3) is 0.417. The number of hydrazone groups is 1. The van der Waals surface area contributed by atoms with Crippen LogP contribution < -0.4 is 0 Å². The molecule has 0 radical (unpaired) electrons. The summed E-state index contributed by atoms with van der Waals surface area (Å²) < 4.78 is 0. The highest BCUT2D eigenvalue weighted by molar-refractivity contribution is 6.03. The van der Waals surface area contributed by atoms with Crippen molar-refractivity contribution in [1.29, 1.82) is 0 Å². The first-order valence-electron chi connectivity index (χ1n) is 5.62. The topological polar surface area (TPSA) is 58.5 Å². The summed E-state index contributed by atoms with van der Waals surface area (Å²) in [6.45, 7) is 4.32. The number of nitro groups is 1. The maximum absolute atomic E-state index is 10.7. The number of hydrogen-bond donors (Lipinski definition) is 0. The zero-order valence-electron chi connectivity index (χ0n) is 9.75. The summed E-state index contributed by atoms with van der Waals surface area (Å²) in [5.74, 6) is 0. The fourth-order valence-electron chi connectivity index (χ4n) is 2.41. The van der Waals surface area contributed by atoms with Crippen LogP contribution in [-0.4, -0.2) is 27.2 Å². The lowest BCUT2D eigenvalue weighted by atomic mass is 10.0. The first kappa shape index (κ1) is 10.3. The zero-order valence-corrected chi connectivity index (χ0v) is 9.75. The molecule has 0 spiro atoms. The van der Waals surface area contributed by atoms with Crippen molar-refractivity contribution in [2.24, 2.45) is 5.10 Å². The Morgan fingerprint density at radius 2 is 2.29 bits per heavy atom. The van der Waals surface area contributed by atoms with Gasteiger partial charge in [0, 0.05) is 24.1 Å². The molecule has 0 amide bonds. The van der Waals surface area contributed by atoms with E-state index < -0.39 is 0 Å². The molecule has 0 saturated carbocycles. The van der Waals surface area contributed by atoms with Crippen LogP contribution >= 0.6 is 0 Å². The van der Waals surface area contributed by atoms with Gasteiger partial charge in [-0.3, -0.25) is 15.1 Å². The highest BCUT2D eigenvalue weighted by atomic mass is 16.6. The van der Waals surface area contributed by atoms with E-state index in [2.05, 4.69) is 24.0 Å². The van der Waals surface area contributed by atoms with Gasteiger partial charge < -0.3 is 0 Å². The first-order valence-corrected chi connectivity index (χ1v) is 5.62. The van der Waals surface area contributed by atoms with Gasteiger partial charge in [0.15, 0.2) is 0 Å². The van der Waals surface area contributed by atoms with Crippen molar-refractivity contribution in [3.05, 3.63) is 39.9 Å². The van der Waals surface area contributed by atoms with Gasteiger partial charge >= 0.3 is 0 Å². The standard InChI is InChI=1S/C12H13N3O2/c1-12(2)11-7-10(13-14(11)12)8-4-3-5-9(6-8)15(16)17/h3-6,11H,7H2,1-2H3. The molecule has 3 rings (SSSR count). The molecule has 2 heterocycles. The number of benzene rings is 1. The van der Waals surface area contributed by atoms with Gasteiger partial charge in [-0.2, -0.15) is 5.10 Å². The molecule has 1 saturated heterocycles. The Hall–Kier alpha value is -1.91. The minimum atomic E-state index is -0.371. The lowest BCUT2D eigenvalue weighted by molar-refractivity contribution is -0.384. The van der Waals surface area contributed by atoms with E-state index >= 15 is 0 Å². The molecule has 17 heavy (non-hydrogen) atoms. The summed E-state index contributed by atoms with van der Waals surface area (Å²) in [6.07, 6.45) is 0.883. The monoisotopic (exact) mass is 231 g/mol. The largest absolute Gasteiger partial charge is 0.283 e. The van der Waals surface area contributed by atoms with E-state index in [1.54, 1.807) is 12.1 Å². The van der Waals surface area contributed by atoms with Crippen LogP contribution in [0.5, 0.6) is 0 Å². The predicted octanol–water partition coefficient (Wildman–Crippen LogP) is 2.17. The second kappa shape index (κ2) is 3.06. The summed E-state index contributed by atoms with van der Waals surface area (Å²) in [5.41, 5.74) is 2.12. The molecule has 0 aliphatic carbocycles. The Morgan fingerprint density at radius 3 is 2.88 bits per heavy atom. The minimum Gasteiger partial charge on any atom is -0.283 e. The molecule has 88 valence electrons. The van der Waals surface area contributed by atoms with Crippen molar-refractivity contribution in [2.75, 3.05) is 0 Å². The average molecular weight is 231 g/mol. The van der Waals surface area contributed by atoms with Crippen LogP contribution in [-0.2, 0) is 0 Å². The van der Waals surface area contributed by atoms with Crippen LogP contribution in [0.1, 0.15) is 25.8 Å². The molecule has 1 fully saturated rings. The summed E-state index contributed by atoms with van der Waals surface area (Å²) in [6, 6.07) is 7.16. The molecule has 5 nitrogen and oxygen atoms in total. The van der Waals surface area contributed by atoms with Crippen LogP contribution in [0.2, 0.25) is 0 Å². The second-order valence-electron chi connectivity index (χ2n) is 5.07. The van der Waals surface area contributed by atoms with Gasteiger partial charge in [0.05, 0.1) is 22.2 Å². The zero-order chi connectivity index (χ0) is 12.2. The Morgan fingerprint density at radius 1 is 1.53 bits per heavy atom. The quantitative estimate of drug-likeness (QED) is 0.445. The molecule has 1 aromatic rings. The first-order chi connectivity index (χ1) is 8.00. The molecule has 0 N–H and O–H groups in total. The van der Waals surface area contributed by atoms with Crippen LogP contribution in [0.25, 0.3) is 0 Å². The predicted molar refractivity (Wildman–Crippen MR) is 64.0 cm³/mol. The summed E-state index contributed by atoms with van der Waals surface area (Å²) in [5, 5.41) is 17.3. The van der Waals surface area contributed by atoms with E-state index in [-0.39, 0.29) is 16.1 Å². The lowest BCUT2D eigenvalue weighted by Gasteiger charge is -2.07. The van der Waals surface area contributed by atoms with Crippen molar-refractivity contribution in [1.82, 2.24) is 5.01 Å². The van der Waals surface area contributed by atoms with Gasteiger partial charge in [0.2, 0.25) is 0 Å². The van der Waals surface area contributed by atoms with Crippen molar-refractivity contribution >= 4 is 11.4 Å². The van der Waals surface area contributed by atoms with E-state index in [1.807, 2.05) is 6.07 Å². The van der Waals surface area contributed by atoms with Crippen LogP contribution in [0.15, 0.2) is 29.4 Å². The second-order valence-corrected chi connectivity index (χ2v) is 5.07. The number of nitrogens with zero attached hydrogens (tertiary/aromatic N) is 3. The van der Waals surface area contributed by atoms with Gasteiger partial charge in [-0.15, -0.1) is 0 Å². The minimum absolute atomic E-state index is 0.125. The maximum Gasteiger partial charge on any atom is 0.270 e. The van der Waals surface area contributed by atoms with Gasteiger partial charge in [0.25, 0.3) is 5.69 Å². The third-order valence-electron chi connectivity index (χ3n) is 3.64. The summed E-state index contributed by atoms with van der Waals surface area (Å²) >= 11 is 0. The van der Waals surface area contributed by atoms with Gasteiger partial charge in [-0.1, -0.05) is 12.1 Å². The van der Waals surface area contributed by atoms with E-state index in [0.717, 1.165) is 17.7 Å². The van der Waals surface area contributed by atoms with Gasteiger partial charge in [-0.25, -0.2) is 0 Å². The molecule has 1 atom stereocenters. The molecule has 5 heteroatoms. The highest BCUT2D eigenvalue weighted by Crippen LogP contribution is 2.47. The van der Waals surface area contributed by atoms with Crippen LogP contribution in [0.3, 0.4) is 0 Å². The number of non-ortho nitro benzene ring substituents is 1. The van der Waals surface area contributed by atoms with Crippen molar-refractivity contribution < 1.29 is 4.92 Å². The summed E-state index contributed by atoms with van der Waals surface area (Å²) in [7, 11) is 0. The molecule has 1 unspecified atom stereocenters. The Bertz CT molecular complexity index is 536. The van der Waals surface area contributed by atoms with E-state index in [0.29, 0.717) is 6.04 Å². The fourth-order valence-corrected chi connectivity index (χ4v) is 2.41. The van der Waals surface area contributed by atoms with E-state index in [9.17, 15) is 10.1 Å². The highest BCUT2D eigenvalue weighted by Gasteiger charge is 2.59. The Balaban J connectivity index is 1.90. The smallest absolute Gasteiger partial charge is 0.270 e. The molecule has 0 bridgehead atoms. The number of hydrogen-bond acceptors (Lipinski definition) is 4. The molecule has 2 aliphatic heterocycles. The van der Waals surface area contributed by atoms with Gasteiger partial charge in [0.1, 0.15) is 0 Å². The Kier molecular flexibility index (Phi) is 1.85. The van der Waals surface area contributed by atoms with E-state index in [1.165, 1.54) is 6.07 Å². The molecular formula is C12H13N3O2. The normalized spacial score (nSPS) is 24.2. The number of rotatable bonds is 2. The molecular weight excluding hydrogens is 218 g/mol. The van der Waals surface area contributed by atoms with Crippen molar-refractivity contribution in [2.45, 2.75) is 31.8 Å².